The van der Waals surface area contributed by atoms with E-state index in [-0.39, 0.29) is 16.8 Å². The Morgan fingerprint density at radius 1 is 0.935 bits per heavy atom. The molecule has 0 amide bonds. The van der Waals surface area contributed by atoms with E-state index in [1.165, 1.54) is 6.42 Å². The van der Waals surface area contributed by atoms with Crippen LogP contribution in [0.1, 0.15) is 87.0 Å². The number of aliphatic hydroxyl groups is 1. The van der Waals surface area contributed by atoms with E-state index in [0.717, 1.165) is 25.7 Å². The minimum Gasteiger partial charge on any atom is -0.454 e. The van der Waals surface area contributed by atoms with Crippen LogP contribution < -0.4 is 0 Å². The van der Waals surface area contributed by atoms with Crippen molar-refractivity contribution in [2.45, 2.75) is 130 Å². The molecule has 3 heterocycles. The van der Waals surface area contributed by atoms with E-state index in [1.54, 1.807) is 0 Å². The highest BCUT2D eigenvalue weighted by Crippen LogP contribution is 2.51. The van der Waals surface area contributed by atoms with Gasteiger partial charge in [0.05, 0.1) is 5.41 Å². The van der Waals surface area contributed by atoms with Gasteiger partial charge < -0.3 is 28.8 Å². The summed E-state index contributed by atoms with van der Waals surface area (Å²) in [5, 5.41) is 10.6. The van der Waals surface area contributed by atoms with Gasteiger partial charge in [0.25, 0.3) is 0 Å². The second-order valence-electron chi connectivity index (χ2n) is 12.3. The second-order valence-corrected chi connectivity index (χ2v) is 12.3. The second kappa shape index (κ2) is 7.66. The lowest BCUT2D eigenvalue weighted by Crippen LogP contribution is -2.48. The maximum atomic E-state index is 13.5. The molecule has 1 spiro atoms. The fraction of sp³-hybridized carbons (Fsp3) is 0.958. The van der Waals surface area contributed by atoms with Crippen molar-refractivity contribution in [2.75, 3.05) is 0 Å². The van der Waals surface area contributed by atoms with Gasteiger partial charge in [0, 0.05) is 12.8 Å². The van der Waals surface area contributed by atoms with Gasteiger partial charge in [-0.15, -0.1) is 0 Å². The zero-order valence-corrected chi connectivity index (χ0v) is 20.1. The first-order chi connectivity index (χ1) is 14.2. The molecule has 1 aliphatic carbocycles. The van der Waals surface area contributed by atoms with Crippen molar-refractivity contribution in [1.29, 1.82) is 0 Å². The SMILES string of the molecule is CC(C)(C)CC(C)(C(=O)OC1C(O)OC2C3OC4(CCCCC4)OC3OC12)C(C)(C)C. The zero-order valence-electron chi connectivity index (χ0n) is 20.1. The van der Waals surface area contributed by atoms with Gasteiger partial charge >= 0.3 is 5.97 Å². The number of fused-ring (bicyclic) bond motifs is 3. The topological polar surface area (TPSA) is 83.5 Å². The van der Waals surface area contributed by atoms with Gasteiger partial charge in [0.2, 0.25) is 0 Å². The molecule has 0 bridgehead atoms. The average molecular weight is 441 g/mol. The molecular weight excluding hydrogens is 400 g/mol. The molecule has 7 heteroatoms. The predicted octanol–water partition coefficient (Wildman–Crippen LogP) is 3.90. The molecule has 7 unspecified atom stereocenters. The third-order valence-electron chi connectivity index (χ3n) is 7.64. The van der Waals surface area contributed by atoms with Crippen molar-refractivity contribution in [3.05, 3.63) is 0 Å². The Morgan fingerprint density at radius 2 is 1.58 bits per heavy atom. The van der Waals surface area contributed by atoms with Gasteiger partial charge in [0.1, 0.15) is 18.3 Å². The Hall–Kier alpha value is -0.730. The molecule has 0 aromatic carbocycles. The van der Waals surface area contributed by atoms with E-state index in [4.69, 9.17) is 23.7 Å². The van der Waals surface area contributed by atoms with Crippen LogP contribution in [0, 0.1) is 16.2 Å². The third kappa shape index (κ3) is 4.17. The smallest absolute Gasteiger partial charge is 0.312 e. The first kappa shape index (κ1) is 23.4. The normalized spacial score (nSPS) is 39.2. The molecule has 4 aliphatic rings. The monoisotopic (exact) mass is 440 g/mol. The lowest BCUT2D eigenvalue weighted by atomic mass is 9.61. The molecular formula is C24H40O7. The minimum atomic E-state index is -1.25. The van der Waals surface area contributed by atoms with Crippen molar-refractivity contribution in [2.24, 2.45) is 16.2 Å². The maximum absolute atomic E-state index is 13.5. The van der Waals surface area contributed by atoms with Crippen molar-refractivity contribution < 1.29 is 33.6 Å². The molecule has 3 aliphatic heterocycles. The molecule has 4 rings (SSSR count). The molecule has 31 heavy (non-hydrogen) atoms. The number of hydrogen-bond acceptors (Lipinski definition) is 7. The Labute approximate surface area is 186 Å². The molecule has 1 saturated carbocycles. The van der Waals surface area contributed by atoms with Gasteiger partial charge in [0.15, 0.2) is 24.5 Å². The van der Waals surface area contributed by atoms with E-state index in [1.807, 2.05) is 27.7 Å². The number of carbonyl (C=O) groups is 1. The van der Waals surface area contributed by atoms with Gasteiger partial charge in [-0.05, 0) is 37.0 Å². The van der Waals surface area contributed by atoms with Gasteiger partial charge in [-0.25, -0.2) is 0 Å². The Balaban J connectivity index is 1.47. The Bertz CT molecular complexity index is 687. The van der Waals surface area contributed by atoms with Crippen LogP contribution in [-0.2, 0) is 28.5 Å². The van der Waals surface area contributed by atoms with Crippen LogP contribution in [0.3, 0.4) is 0 Å². The Morgan fingerprint density at radius 3 is 2.16 bits per heavy atom. The fourth-order valence-corrected chi connectivity index (χ4v) is 5.59. The van der Waals surface area contributed by atoms with Gasteiger partial charge in [-0.2, -0.15) is 0 Å². The number of esters is 1. The van der Waals surface area contributed by atoms with Crippen LogP contribution >= 0.6 is 0 Å². The molecule has 0 aromatic heterocycles. The number of hydrogen-bond donors (Lipinski definition) is 1. The van der Waals surface area contributed by atoms with Gasteiger partial charge in [-0.1, -0.05) is 48.0 Å². The largest absolute Gasteiger partial charge is 0.454 e. The molecule has 4 fully saturated rings. The van der Waals surface area contributed by atoms with E-state index < -0.39 is 48.2 Å². The standard InChI is InChI=1S/C24H40O7/c1-21(2,3)13-23(7,22(4,5)6)20(26)29-16-14-15(27-18(16)25)17-19(28-14)31-24(30-17)11-9-8-10-12-24/h14-19,25H,8-13H2,1-7H3. The molecule has 0 aromatic rings. The van der Waals surface area contributed by atoms with Crippen molar-refractivity contribution in [3.63, 3.8) is 0 Å². The van der Waals surface area contributed by atoms with Crippen molar-refractivity contribution in [1.82, 2.24) is 0 Å². The van der Waals surface area contributed by atoms with Crippen LogP contribution in [0.4, 0.5) is 0 Å². The summed E-state index contributed by atoms with van der Waals surface area (Å²) in [5.74, 6) is -0.937. The van der Waals surface area contributed by atoms with Crippen LogP contribution in [0.2, 0.25) is 0 Å². The summed E-state index contributed by atoms with van der Waals surface area (Å²) in [6, 6.07) is 0. The molecule has 3 saturated heterocycles. The quantitative estimate of drug-likeness (QED) is 0.666. The summed E-state index contributed by atoms with van der Waals surface area (Å²) in [7, 11) is 0. The molecule has 7 atom stereocenters. The summed E-state index contributed by atoms with van der Waals surface area (Å²) in [6.45, 7) is 14.4. The summed E-state index contributed by atoms with van der Waals surface area (Å²) in [4.78, 5) is 13.5. The van der Waals surface area contributed by atoms with E-state index >= 15 is 0 Å². The lowest BCUT2D eigenvalue weighted by molar-refractivity contribution is -0.246. The third-order valence-corrected chi connectivity index (χ3v) is 7.64. The fourth-order valence-electron chi connectivity index (χ4n) is 5.59. The Kier molecular flexibility index (Phi) is 5.79. The molecule has 7 nitrogen and oxygen atoms in total. The first-order valence-corrected chi connectivity index (χ1v) is 11.8. The van der Waals surface area contributed by atoms with Gasteiger partial charge in [-0.3, -0.25) is 4.79 Å². The zero-order chi connectivity index (χ0) is 22.8. The van der Waals surface area contributed by atoms with E-state index in [0.29, 0.717) is 6.42 Å². The number of aliphatic hydroxyl groups excluding tert-OH is 1. The highest BCUT2D eigenvalue weighted by molar-refractivity contribution is 5.77. The summed E-state index contributed by atoms with van der Waals surface area (Å²) in [6.07, 6.45) is 1.44. The maximum Gasteiger partial charge on any atom is 0.312 e. The van der Waals surface area contributed by atoms with Crippen LogP contribution in [0.15, 0.2) is 0 Å². The first-order valence-electron chi connectivity index (χ1n) is 11.8. The number of carbonyl (C=O) groups excluding carboxylic acids is 1. The van der Waals surface area contributed by atoms with Crippen molar-refractivity contribution >= 4 is 5.97 Å². The van der Waals surface area contributed by atoms with E-state index in [9.17, 15) is 9.90 Å². The van der Waals surface area contributed by atoms with Crippen LogP contribution in [0.5, 0.6) is 0 Å². The summed E-state index contributed by atoms with van der Waals surface area (Å²) >= 11 is 0. The average Bonchev–Trinajstić information content (AvgIpc) is 3.22. The van der Waals surface area contributed by atoms with E-state index in [2.05, 4.69) is 20.8 Å². The molecule has 178 valence electrons. The molecule has 0 radical (unpaired) electrons. The molecule has 1 N–H and O–H groups in total. The van der Waals surface area contributed by atoms with Crippen LogP contribution in [-0.4, -0.2) is 53.9 Å². The number of ether oxygens (including phenoxy) is 5. The highest BCUT2D eigenvalue weighted by atomic mass is 16.9. The van der Waals surface area contributed by atoms with Crippen LogP contribution in [0.25, 0.3) is 0 Å². The summed E-state index contributed by atoms with van der Waals surface area (Å²) < 4.78 is 30.3. The summed E-state index contributed by atoms with van der Waals surface area (Å²) in [5.41, 5.74) is -1.13. The highest BCUT2D eigenvalue weighted by Gasteiger charge is 2.65. The lowest BCUT2D eigenvalue weighted by Gasteiger charge is -2.44. The number of rotatable bonds is 3. The van der Waals surface area contributed by atoms with Crippen molar-refractivity contribution in [3.8, 4) is 0 Å². The minimum absolute atomic E-state index is 0.0642. The predicted molar refractivity (Wildman–Crippen MR) is 113 cm³/mol.